The highest BCUT2D eigenvalue weighted by Gasteiger charge is 2.08. The molecule has 0 spiro atoms. The van der Waals surface area contributed by atoms with Gasteiger partial charge in [-0.2, -0.15) is 0 Å². The van der Waals surface area contributed by atoms with Gasteiger partial charge in [0.15, 0.2) is 0 Å². The molecule has 0 aliphatic heterocycles. The summed E-state index contributed by atoms with van der Waals surface area (Å²) in [5.74, 6) is 0.0102. The third kappa shape index (κ3) is 19.8. The van der Waals surface area contributed by atoms with Gasteiger partial charge in [0.1, 0.15) is 0 Å². The molecule has 0 aliphatic carbocycles. The molecule has 1 atom stereocenters. The molecular formula is C24H48O2. The van der Waals surface area contributed by atoms with Crippen LogP contribution in [0.25, 0.3) is 0 Å². The van der Waals surface area contributed by atoms with Gasteiger partial charge in [0.2, 0.25) is 0 Å². The maximum absolute atomic E-state index is 11.8. The van der Waals surface area contributed by atoms with Crippen LogP contribution < -0.4 is 0 Å². The predicted molar refractivity (Wildman–Crippen MR) is 115 cm³/mol. The minimum atomic E-state index is 0.0102. The first-order valence-corrected chi connectivity index (χ1v) is 11.9. The molecule has 156 valence electrons. The van der Waals surface area contributed by atoms with E-state index in [1.165, 1.54) is 103 Å². The van der Waals surface area contributed by atoms with Crippen molar-refractivity contribution < 1.29 is 9.53 Å². The number of ether oxygens (including phenoxy) is 1. The molecule has 0 bridgehead atoms. The van der Waals surface area contributed by atoms with E-state index >= 15 is 0 Å². The molecule has 0 N–H and O–H groups in total. The van der Waals surface area contributed by atoms with Crippen LogP contribution in [0.5, 0.6) is 0 Å². The molecule has 0 rings (SSSR count). The fourth-order valence-electron chi connectivity index (χ4n) is 3.49. The van der Waals surface area contributed by atoms with E-state index in [0.29, 0.717) is 6.42 Å². The topological polar surface area (TPSA) is 26.3 Å². The smallest absolute Gasteiger partial charge is 0.306 e. The quantitative estimate of drug-likeness (QED) is 0.159. The van der Waals surface area contributed by atoms with Crippen LogP contribution in [0.15, 0.2) is 0 Å². The molecular weight excluding hydrogens is 320 g/mol. The lowest BCUT2D eigenvalue weighted by Gasteiger charge is -2.13. The van der Waals surface area contributed by atoms with E-state index in [1.807, 2.05) is 6.92 Å². The Balaban J connectivity index is 3.25. The van der Waals surface area contributed by atoms with E-state index in [-0.39, 0.29) is 12.1 Å². The SMILES string of the molecule is CCCCCCCCCCCCCCCC(=O)O[C@H](C)CCCCCC. The summed E-state index contributed by atoms with van der Waals surface area (Å²) in [7, 11) is 0. The van der Waals surface area contributed by atoms with Gasteiger partial charge in [-0.3, -0.25) is 4.79 Å². The Morgan fingerprint density at radius 2 is 1.00 bits per heavy atom. The van der Waals surface area contributed by atoms with Crippen LogP contribution in [-0.2, 0) is 9.53 Å². The molecule has 0 heterocycles. The Hall–Kier alpha value is -0.530. The van der Waals surface area contributed by atoms with Crippen LogP contribution in [0.2, 0.25) is 0 Å². The van der Waals surface area contributed by atoms with Gasteiger partial charge in [-0.25, -0.2) is 0 Å². The van der Waals surface area contributed by atoms with Crippen LogP contribution in [-0.4, -0.2) is 12.1 Å². The summed E-state index contributed by atoms with van der Waals surface area (Å²) in [5, 5.41) is 0. The maximum Gasteiger partial charge on any atom is 0.306 e. The first kappa shape index (κ1) is 25.5. The molecule has 0 saturated heterocycles. The van der Waals surface area contributed by atoms with Crippen molar-refractivity contribution in [2.75, 3.05) is 0 Å². The van der Waals surface area contributed by atoms with Crippen molar-refractivity contribution >= 4 is 5.97 Å². The second-order valence-electron chi connectivity index (χ2n) is 8.14. The van der Waals surface area contributed by atoms with Crippen LogP contribution >= 0.6 is 0 Å². The number of hydrogen-bond acceptors (Lipinski definition) is 2. The molecule has 2 heteroatoms. The molecule has 0 amide bonds. The van der Waals surface area contributed by atoms with Gasteiger partial charge in [-0.15, -0.1) is 0 Å². The van der Waals surface area contributed by atoms with Gasteiger partial charge in [0.05, 0.1) is 6.10 Å². The van der Waals surface area contributed by atoms with Crippen molar-refractivity contribution in [2.24, 2.45) is 0 Å². The number of esters is 1. The average Bonchev–Trinajstić information content (AvgIpc) is 2.62. The highest BCUT2D eigenvalue weighted by atomic mass is 16.5. The number of rotatable bonds is 20. The fraction of sp³-hybridized carbons (Fsp3) is 0.958. The van der Waals surface area contributed by atoms with Crippen LogP contribution in [0.4, 0.5) is 0 Å². The van der Waals surface area contributed by atoms with Crippen molar-refractivity contribution in [3.8, 4) is 0 Å². The zero-order valence-corrected chi connectivity index (χ0v) is 18.3. The Morgan fingerprint density at radius 1 is 0.615 bits per heavy atom. The number of carbonyl (C=O) groups excluding carboxylic acids is 1. The number of unbranched alkanes of at least 4 members (excludes halogenated alkanes) is 15. The van der Waals surface area contributed by atoms with E-state index in [1.54, 1.807) is 0 Å². The lowest BCUT2D eigenvalue weighted by atomic mass is 10.0. The van der Waals surface area contributed by atoms with E-state index in [4.69, 9.17) is 4.74 Å². The largest absolute Gasteiger partial charge is 0.463 e. The highest BCUT2D eigenvalue weighted by Crippen LogP contribution is 2.14. The van der Waals surface area contributed by atoms with Crippen LogP contribution in [0, 0.1) is 0 Å². The lowest BCUT2D eigenvalue weighted by molar-refractivity contribution is -0.148. The molecule has 0 radical (unpaired) electrons. The average molecular weight is 369 g/mol. The second-order valence-corrected chi connectivity index (χ2v) is 8.14. The first-order chi connectivity index (χ1) is 12.7. The Kier molecular flexibility index (Phi) is 20.4. The Morgan fingerprint density at radius 3 is 1.46 bits per heavy atom. The minimum Gasteiger partial charge on any atom is -0.463 e. The van der Waals surface area contributed by atoms with Gasteiger partial charge >= 0.3 is 5.97 Å². The first-order valence-electron chi connectivity index (χ1n) is 11.9. The Bertz CT molecular complexity index is 288. The molecule has 0 aromatic rings. The molecule has 0 aromatic carbocycles. The van der Waals surface area contributed by atoms with Crippen LogP contribution in [0.1, 0.15) is 143 Å². The Labute approximate surface area is 164 Å². The molecule has 0 aliphatic rings. The monoisotopic (exact) mass is 368 g/mol. The summed E-state index contributed by atoms with van der Waals surface area (Å²) in [5.41, 5.74) is 0. The van der Waals surface area contributed by atoms with E-state index < -0.39 is 0 Å². The normalized spacial score (nSPS) is 12.3. The molecule has 0 saturated carbocycles. The molecule has 2 nitrogen and oxygen atoms in total. The summed E-state index contributed by atoms with van der Waals surface area (Å²) in [6.45, 7) is 6.53. The highest BCUT2D eigenvalue weighted by molar-refractivity contribution is 5.69. The van der Waals surface area contributed by atoms with E-state index in [9.17, 15) is 4.79 Å². The maximum atomic E-state index is 11.8. The van der Waals surface area contributed by atoms with Gasteiger partial charge in [0.25, 0.3) is 0 Å². The number of hydrogen-bond donors (Lipinski definition) is 0. The third-order valence-corrected chi connectivity index (χ3v) is 5.28. The van der Waals surface area contributed by atoms with Gasteiger partial charge in [-0.05, 0) is 26.2 Å². The lowest BCUT2D eigenvalue weighted by Crippen LogP contribution is -2.14. The van der Waals surface area contributed by atoms with Gasteiger partial charge in [0, 0.05) is 6.42 Å². The zero-order valence-electron chi connectivity index (χ0n) is 18.3. The summed E-state index contributed by atoms with van der Waals surface area (Å²) >= 11 is 0. The fourth-order valence-corrected chi connectivity index (χ4v) is 3.49. The molecule has 26 heavy (non-hydrogen) atoms. The number of carbonyl (C=O) groups is 1. The third-order valence-electron chi connectivity index (χ3n) is 5.28. The predicted octanol–water partition coefficient (Wildman–Crippen LogP) is 8.37. The van der Waals surface area contributed by atoms with Crippen LogP contribution in [0.3, 0.4) is 0 Å². The van der Waals surface area contributed by atoms with Crippen molar-refractivity contribution in [1.82, 2.24) is 0 Å². The standard InChI is InChI=1S/C24H48O2/c1-4-6-8-10-11-12-13-14-15-16-17-18-20-22-24(25)26-23(3)21-19-9-7-5-2/h23H,4-22H2,1-3H3/t23-/m1/s1. The zero-order chi connectivity index (χ0) is 19.3. The van der Waals surface area contributed by atoms with Gasteiger partial charge in [-0.1, -0.05) is 110 Å². The molecule has 0 aromatic heterocycles. The van der Waals surface area contributed by atoms with Crippen molar-refractivity contribution in [3.05, 3.63) is 0 Å². The molecule has 0 fully saturated rings. The second kappa shape index (κ2) is 20.8. The molecule has 0 unspecified atom stereocenters. The van der Waals surface area contributed by atoms with E-state index in [0.717, 1.165) is 12.8 Å². The van der Waals surface area contributed by atoms with Crippen molar-refractivity contribution in [3.63, 3.8) is 0 Å². The summed E-state index contributed by atoms with van der Waals surface area (Å²) in [6.07, 6.45) is 24.1. The summed E-state index contributed by atoms with van der Waals surface area (Å²) < 4.78 is 5.50. The van der Waals surface area contributed by atoms with E-state index in [2.05, 4.69) is 13.8 Å². The van der Waals surface area contributed by atoms with Crippen molar-refractivity contribution in [1.29, 1.82) is 0 Å². The van der Waals surface area contributed by atoms with Gasteiger partial charge < -0.3 is 4.74 Å². The summed E-state index contributed by atoms with van der Waals surface area (Å²) in [6, 6.07) is 0. The summed E-state index contributed by atoms with van der Waals surface area (Å²) in [4.78, 5) is 11.8. The minimum absolute atomic E-state index is 0.0102. The van der Waals surface area contributed by atoms with Crippen molar-refractivity contribution in [2.45, 2.75) is 149 Å².